The minimum atomic E-state index is 0.131. The Morgan fingerprint density at radius 1 is 1.33 bits per heavy atom. The molecule has 102 valence electrons. The molecule has 1 fully saturated rings. The molecular weight excluding hydrogens is 224 g/mol. The third-order valence-electron chi connectivity index (χ3n) is 4.14. The van der Waals surface area contributed by atoms with Crippen LogP contribution in [0.25, 0.3) is 0 Å². The largest absolute Gasteiger partial charge is 0.335 e. The van der Waals surface area contributed by atoms with Gasteiger partial charge in [0.25, 0.3) is 0 Å². The van der Waals surface area contributed by atoms with Crippen LogP contribution < -0.4 is 5.32 Å². The molecule has 1 heterocycles. The van der Waals surface area contributed by atoms with E-state index in [4.69, 9.17) is 0 Å². The van der Waals surface area contributed by atoms with Gasteiger partial charge in [-0.1, -0.05) is 45.3 Å². The average molecular weight is 250 g/mol. The summed E-state index contributed by atoms with van der Waals surface area (Å²) in [4.78, 5) is 14.0. The second-order valence-corrected chi connectivity index (χ2v) is 6.61. The van der Waals surface area contributed by atoms with Crippen LogP contribution in [-0.4, -0.2) is 30.1 Å². The number of hydrogen-bond donors (Lipinski definition) is 1. The number of amides is 2. The van der Waals surface area contributed by atoms with Gasteiger partial charge in [0.15, 0.2) is 0 Å². The predicted molar refractivity (Wildman–Crippen MR) is 74.5 cm³/mol. The second kappa shape index (κ2) is 5.33. The lowest BCUT2D eigenvalue weighted by Gasteiger charge is -2.32. The molecule has 0 bridgehead atoms. The number of hydrogen-bond acceptors (Lipinski definition) is 1. The molecule has 0 aromatic heterocycles. The zero-order chi connectivity index (χ0) is 13.2. The van der Waals surface area contributed by atoms with E-state index in [0.29, 0.717) is 6.04 Å². The first-order valence-electron chi connectivity index (χ1n) is 7.22. The highest BCUT2D eigenvalue weighted by Gasteiger charge is 2.25. The topological polar surface area (TPSA) is 32.3 Å². The van der Waals surface area contributed by atoms with E-state index in [2.05, 4.69) is 32.2 Å². The molecule has 0 spiro atoms. The van der Waals surface area contributed by atoms with E-state index in [9.17, 15) is 4.79 Å². The number of carbonyl (C=O) groups is 1. The Bertz CT molecular complexity index is 335. The Morgan fingerprint density at radius 3 is 2.50 bits per heavy atom. The monoisotopic (exact) mass is 250 g/mol. The third kappa shape index (κ3) is 3.27. The van der Waals surface area contributed by atoms with Crippen molar-refractivity contribution in [2.75, 3.05) is 13.1 Å². The molecule has 2 amide bonds. The normalized spacial score (nSPS) is 21.9. The molecule has 3 heteroatoms. The molecule has 1 saturated carbocycles. The van der Waals surface area contributed by atoms with E-state index in [0.717, 1.165) is 32.4 Å². The lowest BCUT2D eigenvalue weighted by atomic mass is 9.83. The minimum absolute atomic E-state index is 0.131. The van der Waals surface area contributed by atoms with Crippen molar-refractivity contribution in [3.05, 3.63) is 11.6 Å². The summed E-state index contributed by atoms with van der Waals surface area (Å²) >= 11 is 0. The summed E-state index contributed by atoms with van der Waals surface area (Å²) in [5.74, 6) is 0. The highest BCUT2D eigenvalue weighted by Crippen LogP contribution is 2.30. The maximum Gasteiger partial charge on any atom is 0.317 e. The summed E-state index contributed by atoms with van der Waals surface area (Å²) in [6, 6.07) is 0.552. The van der Waals surface area contributed by atoms with Crippen molar-refractivity contribution in [1.29, 1.82) is 0 Å². The van der Waals surface area contributed by atoms with Crippen LogP contribution in [0.5, 0.6) is 0 Å². The standard InChI is InChI=1S/C15H26N2O/c1-15(2,3)12-8-10-17(11-9-12)14(18)16-13-6-4-5-7-13/h8,13H,4-7,9-11H2,1-3H3,(H,16,18). The van der Waals surface area contributed by atoms with Crippen LogP contribution in [0.2, 0.25) is 0 Å². The molecule has 18 heavy (non-hydrogen) atoms. The van der Waals surface area contributed by atoms with Crippen molar-refractivity contribution < 1.29 is 4.79 Å². The molecule has 3 nitrogen and oxygen atoms in total. The molecule has 0 radical (unpaired) electrons. The lowest BCUT2D eigenvalue weighted by Crippen LogP contribution is -2.46. The number of rotatable bonds is 1. The van der Waals surface area contributed by atoms with Crippen molar-refractivity contribution in [2.24, 2.45) is 5.41 Å². The van der Waals surface area contributed by atoms with Gasteiger partial charge < -0.3 is 10.2 Å². The molecule has 1 aliphatic carbocycles. The van der Waals surface area contributed by atoms with E-state index >= 15 is 0 Å². The Labute approximate surface area is 111 Å². The highest BCUT2D eigenvalue weighted by molar-refractivity contribution is 5.75. The van der Waals surface area contributed by atoms with E-state index in [-0.39, 0.29) is 11.4 Å². The number of urea groups is 1. The number of nitrogens with zero attached hydrogens (tertiary/aromatic N) is 1. The van der Waals surface area contributed by atoms with Crippen LogP contribution in [0.4, 0.5) is 4.79 Å². The highest BCUT2D eigenvalue weighted by atomic mass is 16.2. The summed E-state index contributed by atoms with van der Waals surface area (Å²) in [6.07, 6.45) is 8.09. The van der Waals surface area contributed by atoms with Crippen molar-refractivity contribution in [2.45, 2.75) is 58.9 Å². The molecule has 1 aliphatic heterocycles. The summed E-state index contributed by atoms with van der Waals surface area (Å²) in [5, 5.41) is 3.16. The number of nitrogens with one attached hydrogen (secondary N) is 1. The lowest BCUT2D eigenvalue weighted by molar-refractivity contribution is 0.196. The van der Waals surface area contributed by atoms with E-state index in [1.54, 1.807) is 0 Å². The average Bonchev–Trinajstić information content (AvgIpc) is 2.81. The van der Waals surface area contributed by atoms with Crippen LogP contribution in [0.3, 0.4) is 0 Å². The van der Waals surface area contributed by atoms with E-state index < -0.39 is 0 Å². The first kappa shape index (κ1) is 13.4. The van der Waals surface area contributed by atoms with Crippen LogP contribution in [0.15, 0.2) is 11.6 Å². The van der Waals surface area contributed by atoms with Crippen LogP contribution in [0, 0.1) is 5.41 Å². The fourth-order valence-corrected chi connectivity index (χ4v) is 2.87. The molecule has 2 rings (SSSR count). The molecule has 0 aromatic carbocycles. The molecule has 0 saturated heterocycles. The summed E-state index contributed by atoms with van der Waals surface area (Å²) < 4.78 is 0. The Morgan fingerprint density at radius 2 is 2.00 bits per heavy atom. The van der Waals surface area contributed by atoms with Gasteiger partial charge >= 0.3 is 6.03 Å². The van der Waals surface area contributed by atoms with Gasteiger partial charge in [0.2, 0.25) is 0 Å². The van der Waals surface area contributed by atoms with Gasteiger partial charge in [-0.05, 0) is 24.7 Å². The zero-order valence-electron chi connectivity index (χ0n) is 12.0. The number of carbonyl (C=O) groups excluding carboxylic acids is 1. The van der Waals surface area contributed by atoms with Crippen molar-refractivity contribution >= 4 is 6.03 Å². The minimum Gasteiger partial charge on any atom is -0.335 e. The molecule has 0 unspecified atom stereocenters. The summed E-state index contributed by atoms with van der Waals surface area (Å²) in [6.45, 7) is 8.36. The van der Waals surface area contributed by atoms with Crippen LogP contribution in [0.1, 0.15) is 52.9 Å². The van der Waals surface area contributed by atoms with Gasteiger partial charge in [-0.3, -0.25) is 0 Å². The van der Waals surface area contributed by atoms with Crippen molar-refractivity contribution in [1.82, 2.24) is 10.2 Å². The third-order valence-corrected chi connectivity index (χ3v) is 4.14. The molecule has 1 N–H and O–H groups in total. The van der Waals surface area contributed by atoms with Crippen molar-refractivity contribution in [3.8, 4) is 0 Å². The maximum absolute atomic E-state index is 12.1. The fraction of sp³-hybridized carbons (Fsp3) is 0.800. The SMILES string of the molecule is CC(C)(C)C1=CCN(C(=O)NC2CCCC2)CC1. The van der Waals surface area contributed by atoms with Crippen molar-refractivity contribution in [3.63, 3.8) is 0 Å². The van der Waals surface area contributed by atoms with Gasteiger partial charge in [0.05, 0.1) is 0 Å². The zero-order valence-corrected chi connectivity index (χ0v) is 12.0. The fourth-order valence-electron chi connectivity index (χ4n) is 2.87. The Kier molecular flexibility index (Phi) is 3.98. The van der Waals surface area contributed by atoms with Gasteiger partial charge in [-0.2, -0.15) is 0 Å². The molecular formula is C15H26N2O. The Balaban J connectivity index is 1.85. The molecule has 0 aromatic rings. The quantitative estimate of drug-likeness (QED) is 0.711. The van der Waals surface area contributed by atoms with Gasteiger partial charge in [-0.25, -0.2) is 4.79 Å². The predicted octanol–water partition coefficient (Wildman–Crippen LogP) is 3.32. The summed E-state index contributed by atoms with van der Waals surface area (Å²) in [5.41, 5.74) is 1.72. The van der Waals surface area contributed by atoms with Gasteiger partial charge in [0, 0.05) is 19.1 Å². The second-order valence-electron chi connectivity index (χ2n) is 6.61. The summed E-state index contributed by atoms with van der Waals surface area (Å²) in [7, 11) is 0. The first-order valence-corrected chi connectivity index (χ1v) is 7.22. The van der Waals surface area contributed by atoms with E-state index in [1.165, 1.54) is 18.4 Å². The molecule has 0 atom stereocenters. The first-order chi connectivity index (χ1) is 8.47. The smallest absolute Gasteiger partial charge is 0.317 e. The van der Waals surface area contributed by atoms with Gasteiger partial charge in [0.1, 0.15) is 0 Å². The van der Waals surface area contributed by atoms with E-state index in [1.807, 2.05) is 4.90 Å². The molecule has 2 aliphatic rings. The van der Waals surface area contributed by atoms with Crippen LogP contribution in [-0.2, 0) is 0 Å². The van der Waals surface area contributed by atoms with Gasteiger partial charge in [-0.15, -0.1) is 0 Å². The Hall–Kier alpha value is -0.990. The maximum atomic E-state index is 12.1. The van der Waals surface area contributed by atoms with Crippen LogP contribution >= 0.6 is 0 Å².